The van der Waals surface area contributed by atoms with Crippen LogP contribution in [0.4, 0.5) is 17.3 Å². The number of anilines is 3. The van der Waals surface area contributed by atoms with Gasteiger partial charge in [-0.3, -0.25) is 0 Å². The Morgan fingerprint density at radius 2 is 1.86 bits per heavy atom. The monoisotopic (exact) mass is 463 g/mol. The van der Waals surface area contributed by atoms with Gasteiger partial charge in [-0.05, 0) is 49.7 Å². The number of nitrogens with one attached hydrogen (secondary N) is 2. The Hall–Kier alpha value is -4.46. The van der Waals surface area contributed by atoms with Crippen molar-refractivity contribution in [3.8, 4) is 16.9 Å². The van der Waals surface area contributed by atoms with E-state index in [-0.39, 0.29) is 0 Å². The summed E-state index contributed by atoms with van der Waals surface area (Å²) < 4.78 is 6.11. The molecule has 0 aliphatic carbocycles. The molecule has 0 spiro atoms. The van der Waals surface area contributed by atoms with E-state index in [2.05, 4.69) is 55.3 Å². The van der Waals surface area contributed by atoms with Gasteiger partial charge in [-0.15, -0.1) is 0 Å². The van der Waals surface area contributed by atoms with E-state index in [0.717, 1.165) is 63.2 Å². The lowest BCUT2D eigenvalue weighted by Gasteiger charge is -2.24. The van der Waals surface area contributed by atoms with Crippen molar-refractivity contribution in [2.75, 3.05) is 23.4 Å². The summed E-state index contributed by atoms with van der Waals surface area (Å²) in [7, 11) is 0. The molecular weight excluding hydrogens is 438 g/mol. The van der Waals surface area contributed by atoms with Gasteiger partial charge >= 0.3 is 0 Å². The number of hydrogen-bond acceptors (Lipinski definition) is 7. The lowest BCUT2D eigenvalue weighted by Crippen LogP contribution is -2.27. The number of hydrogen-bond donors (Lipinski definition) is 2. The lowest BCUT2D eigenvalue weighted by atomic mass is 10.0. The van der Waals surface area contributed by atoms with Gasteiger partial charge in [0, 0.05) is 35.1 Å². The number of aromatic amines is 1. The normalized spacial score (nSPS) is 13.3. The van der Waals surface area contributed by atoms with Crippen LogP contribution in [0.1, 0.15) is 17.0 Å². The summed E-state index contributed by atoms with van der Waals surface area (Å²) in [6.45, 7) is 5.99. The number of benzene rings is 2. The zero-order valence-electron chi connectivity index (χ0n) is 19.6. The largest absolute Gasteiger partial charge is 0.491 e. The zero-order valence-corrected chi connectivity index (χ0v) is 19.6. The predicted molar refractivity (Wildman–Crippen MR) is 137 cm³/mol. The molecular formula is C27H25N7O. The first-order chi connectivity index (χ1) is 17.1. The van der Waals surface area contributed by atoms with E-state index < -0.39 is 0 Å². The molecule has 174 valence electrons. The highest BCUT2D eigenvalue weighted by Gasteiger charge is 2.21. The number of rotatable bonds is 4. The van der Waals surface area contributed by atoms with Gasteiger partial charge in [0.2, 0.25) is 0 Å². The second kappa shape index (κ2) is 8.72. The Labute approximate surface area is 203 Å². The van der Waals surface area contributed by atoms with Crippen LogP contribution >= 0.6 is 0 Å². The number of fused-ring (bicyclic) bond motifs is 2. The predicted octanol–water partition coefficient (Wildman–Crippen LogP) is 5.17. The van der Waals surface area contributed by atoms with Crippen molar-refractivity contribution in [3.63, 3.8) is 0 Å². The van der Waals surface area contributed by atoms with Crippen LogP contribution in [0.25, 0.3) is 22.3 Å². The molecule has 3 aromatic heterocycles. The van der Waals surface area contributed by atoms with E-state index in [4.69, 9.17) is 9.72 Å². The molecule has 1 aliphatic rings. The molecule has 0 radical (unpaired) electrons. The minimum absolute atomic E-state index is 0.581. The molecule has 0 fully saturated rings. The summed E-state index contributed by atoms with van der Waals surface area (Å²) in [4.78, 5) is 23.6. The average Bonchev–Trinajstić information content (AvgIpc) is 3.24. The highest BCUT2D eigenvalue weighted by molar-refractivity contribution is 5.78. The summed E-state index contributed by atoms with van der Waals surface area (Å²) in [5.41, 5.74) is 6.86. The Bertz CT molecular complexity index is 1510. The van der Waals surface area contributed by atoms with Crippen LogP contribution in [-0.2, 0) is 6.54 Å². The fraction of sp³-hybridized carbons (Fsp3) is 0.185. The number of H-pyrrole nitrogens is 1. The van der Waals surface area contributed by atoms with Crippen LogP contribution in [0.15, 0.2) is 67.1 Å². The summed E-state index contributed by atoms with van der Waals surface area (Å²) >= 11 is 0. The van der Waals surface area contributed by atoms with Crippen molar-refractivity contribution in [2.45, 2.75) is 20.4 Å². The first-order valence-corrected chi connectivity index (χ1v) is 11.6. The smallest absolute Gasteiger partial charge is 0.177 e. The van der Waals surface area contributed by atoms with E-state index in [1.807, 2.05) is 49.5 Å². The van der Waals surface area contributed by atoms with Crippen LogP contribution in [0.3, 0.4) is 0 Å². The number of para-hydroxylation sites is 1. The van der Waals surface area contributed by atoms with Gasteiger partial charge in [0.05, 0.1) is 18.4 Å². The molecule has 0 saturated carbocycles. The summed E-state index contributed by atoms with van der Waals surface area (Å²) in [5.74, 6) is 3.36. The fourth-order valence-electron chi connectivity index (χ4n) is 4.44. The second-order valence-corrected chi connectivity index (χ2v) is 8.65. The maximum absolute atomic E-state index is 6.11. The maximum Gasteiger partial charge on any atom is 0.177 e. The highest BCUT2D eigenvalue weighted by atomic mass is 16.5. The van der Waals surface area contributed by atoms with Crippen molar-refractivity contribution in [2.24, 2.45) is 0 Å². The number of ether oxygens (including phenoxy) is 1. The van der Waals surface area contributed by atoms with E-state index in [1.165, 1.54) is 0 Å². The minimum atomic E-state index is 0.581. The molecule has 2 aromatic carbocycles. The van der Waals surface area contributed by atoms with E-state index >= 15 is 0 Å². The third-order valence-electron chi connectivity index (χ3n) is 6.22. The molecule has 0 bridgehead atoms. The Morgan fingerprint density at radius 3 is 2.74 bits per heavy atom. The topological polar surface area (TPSA) is 91.9 Å². The zero-order chi connectivity index (χ0) is 23.8. The minimum Gasteiger partial charge on any atom is -0.491 e. The quantitative estimate of drug-likeness (QED) is 0.380. The van der Waals surface area contributed by atoms with Gasteiger partial charge < -0.3 is 19.9 Å². The molecule has 2 N–H and O–H groups in total. The Balaban J connectivity index is 1.34. The van der Waals surface area contributed by atoms with Crippen LogP contribution in [0.5, 0.6) is 5.75 Å². The van der Waals surface area contributed by atoms with Gasteiger partial charge in [0.25, 0.3) is 0 Å². The van der Waals surface area contributed by atoms with Gasteiger partial charge in [0.1, 0.15) is 29.8 Å². The summed E-state index contributed by atoms with van der Waals surface area (Å²) in [6.07, 6.45) is 3.52. The molecule has 8 heteroatoms. The van der Waals surface area contributed by atoms with Crippen molar-refractivity contribution in [1.29, 1.82) is 0 Å². The van der Waals surface area contributed by atoms with Crippen molar-refractivity contribution >= 4 is 28.5 Å². The van der Waals surface area contributed by atoms with Crippen molar-refractivity contribution < 1.29 is 4.74 Å². The molecule has 5 aromatic rings. The second-order valence-electron chi connectivity index (χ2n) is 8.65. The third kappa shape index (κ3) is 4.14. The number of aryl methyl sites for hydroxylation is 1. The first-order valence-electron chi connectivity index (χ1n) is 11.6. The molecule has 0 amide bonds. The van der Waals surface area contributed by atoms with E-state index in [9.17, 15) is 0 Å². The summed E-state index contributed by atoms with van der Waals surface area (Å²) in [5, 5.41) is 3.45. The van der Waals surface area contributed by atoms with Gasteiger partial charge in [-0.2, -0.15) is 0 Å². The van der Waals surface area contributed by atoms with Crippen LogP contribution in [-0.4, -0.2) is 38.1 Å². The van der Waals surface area contributed by atoms with Crippen LogP contribution in [0.2, 0.25) is 0 Å². The van der Waals surface area contributed by atoms with Gasteiger partial charge in [-0.25, -0.2) is 19.9 Å². The molecule has 8 nitrogen and oxygen atoms in total. The molecule has 0 atom stereocenters. The Kier molecular flexibility index (Phi) is 5.25. The van der Waals surface area contributed by atoms with E-state index in [1.54, 1.807) is 6.33 Å². The van der Waals surface area contributed by atoms with Crippen LogP contribution in [0, 0.1) is 13.8 Å². The number of imidazole rings is 1. The van der Waals surface area contributed by atoms with Gasteiger partial charge in [-0.1, -0.05) is 24.3 Å². The molecule has 6 rings (SSSR count). The third-order valence-corrected chi connectivity index (χ3v) is 6.22. The van der Waals surface area contributed by atoms with Gasteiger partial charge in [0.15, 0.2) is 5.65 Å². The SMILES string of the molecule is Cc1nc(Nc2ccccc2)c(C)c(N2CCOc3ccc(-c4cnc5nc[nH]c5c4)cc3C2)n1. The standard InChI is InChI=1S/C27H25N7O/c1-17-25(33-22-6-4-3-5-7-22)31-18(2)32-27(17)34-10-11-35-24-9-8-19(12-21(24)15-34)20-13-23-26(28-14-20)30-16-29-23/h3-9,12-14,16H,10-11,15H2,1-2H3,(H,28,29,30)(H,31,32,33). The molecule has 0 unspecified atom stereocenters. The number of nitrogens with zero attached hydrogens (tertiary/aromatic N) is 5. The number of pyridine rings is 1. The maximum atomic E-state index is 6.11. The fourth-order valence-corrected chi connectivity index (χ4v) is 4.44. The van der Waals surface area contributed by atoms with Crippen LogP contribution < -0.4 is 15.0 Å². The first kappa shape index (κ1) is 21.1. The molecule has 1 aliphatic heterocycles. The van der Waals surface area contributed by atoms with Crippen molar-refractivity contribution in [1.82, 2.24) is 24.9 Å². The lowest BCUT2D eigenvalue weighted by molar-refractivity contribution is 0.331. The highest BCUT2D eigenvalue weighted by Crippen LogP contribution is 2.33. The molecule has 0 saturated heterocycles. The number of aromatic nitrogens is 5. The van der Waals surface area contributed by atoms with Crippen molar-refractivity contribution in [3.05, 3.63) is 84.1 Å². The van der Waals surface area contributed by atoms with E-state index in [0.29, 0.717) is 18.8 Å². The molecule has 4 heterocycles. The molecule has 35 heavy (non-hydrogen) atoms. The Morgan fingerprint density at radius 1 is 0.971 bits per heavy atom. The average molecular weight is 464 g/mol. The summed E-state index contributed by atoms with van der Waals surface area (Å²) in [6, 6.07) is 18.5.